The Morgan fingerprint density at radius 2 is 2.10 bits per heavy atom. The largest absolute Gasteiger partial charge is 0.349 e. The molecular weight excluding hydrogens is 514 g/mol. The van der Waals surface area contributed by atoms with Gasteiger partial charge in [0.25, 0.3) is 5.91 Å². The van der Waals surface area contributed by atoms with E-state index in [0.717, 1.165) is 3.57 Å². The number of nitrogens with one attached hydrogen (secondary N) is 2. The Kier molecular flexibility index (Phi) is 5.69. The number of nitrogens with zero attached hydrogens (tertiary/aromatic N) is 2. The van der Waals surface area contributed by atoms with Crippen LogP contribution >= 0.6 is 22.6 Å². The monoisotopic (exact) mass is 538 g/mol. The minimum atomic E-state index is -0.697. The molecule has 0 bridgehead atoms. The van der Waals surface area contributed by atoms with E-state index in [0.29, 0.717) is 29.0 Å². The standard InChI is InChI=1S/C22H24FIN4O3/c1-21(2)30-12-22(3,31-21)11-26-20(29)17-14-6-5-9-25-18(14)28(4)19(17)27-16-8-7-13(24)10-15(16)23/h5-10,27H,11-12H2,1-4H3,(H,26,29)/t22-/m0/s1. The van der Waals surface area contributed by atoms with Gasteiger partial charge < -0.3 is 24.7 Å². The van der Waals surface area contributed by atoms with Crippen LogP contribution in [0.15, 0.2) is 36.5 Å². The number of aryl methyl sites for hydroxylation is 1. The summed E-state index contributed by atoms with van der Waals surface area (Å²) in [5, 5.41) is 6.71. The van der Waals surface area contributed by atoms with Gasteiger partial charge in [0, 0.05) is 28.7 Å². The summed E-state index contributed by atoms with van der Waals surface area (Å²) in [5.74, 6) is -0.942. The third kappa shape index (κ3) is 4.39. The SMILES string of the molecule is Cn1c(Nc2ccc(I)cc2F)c(C(=O)NC[C@@]2(C)COC(C)(C)O2)c2cccnc21. The molecule has 3 heterocycles. The lowest BCUT2D eigenvalue weighted by Crippen LogP contribution is -2.43. The molecule has 0 unspecified atom stereocenters. The first-order valence-corrected chi connectivity index (χ1v) is 10.9. The molecule has 7 nitrogen and oxygen atoms in total. The number of ether oxygens (including phenoxy) is 2. The van der Waals surface area contributed by atoms with E-state index in [1.807, 2.05) is 26.8 Å². The highest BCUT2D eigenvalue weighted by Crippen LogP contribution is 2.33. The first-order valence-electron chi connectivity index (χ1n) is 9.86. The molecule has 1 aliphatic heterocycles. The van der Waals surface area contributed by atoms with Gasteiger partial charge in [0.05, 0.1) is 17.9 Å². The quantitative estimate of drug-likeness (QED) is 0.473. The predicted molar refractivity (Wildman–Crippen MR) is 125 cm³/mol. The molecule has 0 aliphatic carbocycles. The number of anilines is 2. The minimum absolute atomic E-state index is 0.267. The third-order valence-corrected chi connectivity index (χ3v) is 5.87. The number of rotatable bonds is 5. The number of benzene rings is 1. The van der Waals surface area contributed by atoms with Gasteiger partial charge in [-0.05, 0) is 73.7 Å². The highest BCUT2D eigenvalue weighted by atomic mass is 127. The van der Waals surface area contributed by atoms with Crippen molar-refractivity contribution in [1.82, 2.24) is 14.9 Å². The molecule has 1 amide bonds. The van der Waals surface area contributed by atoms with E-state index in [4.69, 9.17) is 9.47 Å². The van der Waals surface area contributed by atoms with E-state index in [-0.39, 0.29) is 18.1 Å². The zero-order valence-corrected chi connectivity index (χ0v) is 19.9. The van der Waals surface area contributed by atoms with Crippen LogP contribution in [0.5, 0.6) is 0 Å². The maximum absolute atomic E-state index is 14.5. The highest BCUT2D eigenvalue weighted by Gasteiger charge is 2.42. The normalized spacial score (nSPS) is 20.2. The Labute approximate surface area is 193 Å². The summed E-state index contributed by atoms with van der Waals surface area (Å²) < 4.78 is 28.6. The van der Waals surface area contributed by atoms with Gasteiger partial charge in [0.2, 0.25) is 0 Å². The van der Waals surface area contributed by atoms with Crippen LogP contribution in [0.25, 0.3) is 11.0 Å². The molecule has 1 atom stereocenters. The second kappa shape index (κ2) is 8.03. The third-order valence-electron chi connectivity index (χ3n) is 5.20. The van der Waals surface area contributed by atoms with E-state index in [1.54, 1.807) is 36.0 Å². The zero-order valence-electron chi connectivity index (χ0n) is 17.8. The molecule has 2 aromatic heterocycles. The zero-order chi connectivity index (χ0) is 22.4. The van der Waals surface area contributed by atoms with Crippen molar-refractivity contribution < 1.29 is 18.7 Å². The maximum Gasteiger partial charge on any atom is 0.255 e. The van der Waals surface area contributed by atoms with E-state index in [1.165, 1.54) is 6.07 Å². The fraction of sp³-hybridized carbons (Fsp3) is 0.364. The minimum Gasteiger partial charge on any atom is -0.349 e. The molecule has 1 fully saturated rings. The van der Waals surface area contributed by atoms with Gasteiger partial charge in [-0.3, -0.25) is 4.79 Å². The van der Waals surface area contributed by atoms with Gasteiger partial charge in [0.15, 0.2) is 5.79 Å². The second-order valence-corrected chi connectivity index (χ2v) is 9.58. The van der Waals surface area contributed by atoms with Crippen molar-refractivity contribution in [2.24, 2.45) is 7.05 Å². The van der Waals surface area contributed by atoms with E-state index >= 15 is 0 Å². The maximum atomic E-state index is 14.5. The first kappa shape index (κ1) is 22.0. The number of carbonyl (C=O) groups excluding carboxylic acids is 1. The molecule has 0 spiro atoms. The Balaban J connectivity index is 1.67. The molecule has 0 radical (unpaired) electrons. The summed E-state index contributed by atoms with van der Waals surface area (Å²) in [6.45, 7) is 6.22. The lowest BCUT2D eigenvalue weighted by atomic mass is 10.1. The first-order chi connectivity index (χ1) is 14.6. The van der Waals surface area contributed by atoms with Crippen molar-refractivity contribution in [1.29, 1.82) is 0 Å². The van der Waals surface area contributed by atoms with Crippen LogP contribution in [-0.4, -0.2) is 40.0 Å². The van der Waals surface area contributed by atoms with Gasteiger partial charge in [-0.15, -0.1) is 0 Å². The molecule has 164 valence electrons. The van der Waals surface area contributed by atoms with Crippen molar-refractivity contribution in [3.63, 3.8) is 0 Å². The van der Waals surface area contributed by atoms with Gasteiger partial charge in [0.1, 0.15) is 22.9 Å². The Morgan fingerprint density at radius 1 is 1.32 bits per heavy atom. The number of pyridine rings is 1. The lowest BCUT2D eigenvalue weighted by Gasteiger charge is -2.25. The molecule has 1 saturated heterocycles. The lowest BCUT2D eigenvalue weighted by molar-refractivity contribution is -0.156. The van der Waals surface area contributed by atoms with Gasteiger partial charge in [-0.1, -0.05) is 0 Å². The van der Waals surface area contributed by atoms with Gasteiger partial charge >= 0.3 is 0 Å². The van der Waals surface area contributed by atoms with Crippen LogP contribution in [0, 0.1) is 9.39 Å². The van der Waals surface area contributed by atoms with Crippen LogP contribution in [0.1, 0.15) is 31.1 Å². The molecule has 0 saturated carbocycles. The average molecular weight is 538 g/mol. The van der Waals surface area contributed by atoms with Gasteiger partial charge in [-0.25, -0.2) is 9.37 Å². The number of amides is 1. The van der Waals surface area contributed by atoms with Crippen LogP contribution in [0.4, 0.5) is 15.9 Å². The van der Waals surface area contributed by atoms with Crippen LogP contribution < -0.4 is 10.6 Å². The summed E-state index contributed by atoms with van der Waals surface area (Å²) in [7, 11) is 1.79. The summed E-state index contributed by atoms with van der Waals surface area (Å²) >= 11 is 2.05. The number of fused-ring (bicyclic) bond motifs is 1. The summed E-state index contributed by atoms with van der Waals surface area (Å²) in [4.78, 5) is 17.7. The fourth-order valence-electron chi connectivity index (χ4n) is 3.78. The number of aromatic nitrogens is 2. The van der Waals surface area contributed by atoms with Crippen molar-refractivity contribution in [2.45, 2.75) is 32.2 Å². The van der Waals surface area contributed by atoms with Crippen LogP contribution in [0.2, 0.25) is 0 Å². The fourth-order valence-corrected chi connectivity index (χ4v) is 4.23. The summed E-state index contributed by atoms with van der Waals surface area (Å²) in [6, 6.07) is 8.48. The smallest absolute Gasteiger partial charge is 0.255 e. The van der Waals surface area contributed by atoms with Crippen molar-refractivity contribution in [2.75, 3.05) is 18.5 Å². The molecule has 1 aliphatic rings. The molecule has 2 N–H and O–H groups in total. The molecule has 9 heteroatoms. The second-order valence-electron chi connectivity index (χ2n) is 8.33. The van der Waals surface area contributed by atoms with E-state index in [2.05, 4.69) is 38.2 Å². The number of halogens is 2. The topological polar surface area (TPSA) is 77.4 Å². The summed E-state index contributed by atoms with van der Waals surface area (Å²) in [5.41, 5.74) is 0.651. The predicted octanol–water partition coefficient (Wildman–Crippen LogP) is 4.33. The summed E-state index contributed by atoms with van der Waals surface area (Å²) in [6.07, 6.45) is 1.66. The molecular formula is C22H24FIN4O3. The Bertz CT molecular complexity index is 1160. The van der Waals surface area contributed by atoms with Crippen molar-refractivity contribution in [3.05, 3.63) is 51.5 Å². The van der Waals surface area contributed by atoms with Crippen molar-refractivity contribution in [3.8, 4) is 0 Å². The number of hydrogen-bond donors (Lipinski definition) is 2. The number of carbonyl (C=O) groups is 1. The van der Waals surface area contributed by atoms with Crippen molar-refractivity contribution >= 4 is 51.0 Å². The van der Waals surface area contributed by atoms with E-state index < -0.39 is 17.2 Å². The molecule has 1 aromatic carbocycles. The Morgan fingerprint density at radius 3 is 2.77 bits per heavy atom. The molecule has 3 aromatic rings. The van der Waals surface area contributed by atoms with E-state index in [9.17, 15) is 9.18 Å². The Hall–Kier alpha value is -2.24. The number of hydrogen-bond acceptors (Lipinski definition) is 5. The van der Waals surface area contributed by atoms with Gasteiger partial charge in [-0.2, -0.15) is 0 Å². The average Bonchev–Trinajstić information content (AvgIpc) is 3.15. The van der Waals surface area contributed by atoms with Crippen LogP contribution in [0.3, 0.4) is 0 Å². The molecule has 4 rings (SSSR count). The molecule has 31 heavy (non-hydrogen) atoms. The van der Waals surface area contributed by atoms with Crippen LogP contribution in [-0.2, 0) is 16.5 Å². The highest BCUT2D eigenvalue weighted by molar-refractivity contribution is 14.1.